The summed E-state index contributed by atoms with van der Waals surface area (Å²) < 4.78 is 6.69. The molecule has 0 atom stereocenters. The van der Waals surface area contributed by atoms with Gasteiger partial charge in [-0.05, 0) is 24.3 Å². The van der Waals surface area contributed by atoms with E-state index in [2.05, 4.69) is 20.4 Å². The molecule has 7 nitrogen and oxygen atoms in total. The van der Waals surface area contributed by atoms with Gasteiger partial charge >= 0.3 is 0 Å². The van der Waals surface area contributed by atoms with Crippen LogP contribution in [0.4, 0.5) is 5.69 Å². The summed E-state index contributed by atoms with van der Waals surface area (Å²) >= 11 is 0. The average molecular weight is 295 g/mol. The summed E-state index contributed by atoms with van der Waals surface area (Å²) in [5.41, 5.74) is 0.974. The monoisotopic (exact) mass is 295 g/mol. The molecule has 0 spiro atoms. The summed E-state index contributed by atoms with van der Waals surface area (Å²) in [5, 5.41) is 6.85. The van der Waals surface area contributed by atoms with Crippen molar-refractivity contribution >= 4 is 11.6 Å². The third kappa shape index (κ3) is 2.64. The number of aromatic nitrogens is 4. The molecule has 1 amide bonds. The second-order valence-electron chi connectivity index (χ2n) is 4.37. The van der Waals surface area contributed by atoms with Crippen LogP contribution >= 0.6 is 0 Å². The normalized spacial score (nSPS) is 10.2. The first kappa shape index (κ1) is 13.7. The Morgan fingerprint density at radius 2 is 2.09 bits per heavy atom. The van der Waals surface area contributed by atoms with Gasteiger partial charge < -0.3 is 10.1 Å². The first-order chi connectivity index (χ1) is 10.8. The number of benzene rings is 1. The maximum atomic E-state index is 12.5. The fourth-order valence-electron chi connectivity index (χ4n) is 2.02. The number of rotatable bonds is 4. The van der Waals surface area contributed by atoms with Crippen LogP contribution in [0.1, 0.15) is 10.4 Å². The largest absolute Gasteiger partial charge is 0.496 e. The van der Waals surface area contributed by atoms with Crippen LogP contribution in [-0.2, 0) is 0 Å². The highest BCUT2D eigenvalue weighted by Crippen LogP contribution is 2.21. The van der Waals surface area contributed by atoms with Crippen LogP contribution in [0.2, 0.25) is 0 Å². The van der Waals surface area contributed by atoms with Crippen LogP contribution in [0.15, 0.2) is 55.2 Å². The third-order valence-corrected chi connectivity index (χ3v) is 3.02. The van der Waals surface area contributed by atoms with Crippen LogP contribution in [0.25, 0.3) is 5.82 Å². The molecule has 110 valence electrons. The first-order valence-electron chi connectivity index (χ1n) is 6.54. The fourth-order valence-corrected chi connectivity index (χ4v) is 2.02. The number of pyridine rings is 1. The molecule has 0 bridgehead atoms. The lowest BCUT2D eigenvalue weighted by Crippen LogP contribution is -2.15. The van der Waals surface area contributed by atoms with Gasteiger partial charge in [0.05, 0.1) is 18.4 Å². The van der Waals surface area contributed by atoms with Gasteiger partial charge in [-0.15, -0.1) is 0 Å². The number of anilines is 1. The smallest absolute Gasteiger partial charge is 0.259 e. The van der Waals surface area contributed by atoms with Gasteiger partial charge in [-0.3, -0.25) is 4.79 Å². The van der Waals surface area contributed by atoms with E-state index in [0.717, 1.165) is 0 Å². The summed E-state index contributed by atoms with van der Waals surface area (Å²) in [7, 11) is 1.52. The van der Waals surface area contributed by atoms with Gasteiger partial charge in [0.1, 0.15) is 18.4 Å². The van der Waals surface area contributed by atoms with Crippen molar-refractivity contribution in [3.63, 3.8) is 0 Å². The van der Waals surface area contributed by atoms with Crippen molar-refractivity contribution in [3.8, 4) is 11.6 Å². The lowest BCUT2D eigenvalue weighted by atomic mass is 10.2. The molecule has 0 unspecified atom stereocenters. The molecule has 7 heteroatoms. The number of hydrogen-bond donors (Lipinski definition) is 1. The molecule has 3 rings (SSSR count). The Morgan fingerprint density at radius 1 is 1.23 bits per heavy atom. The Bertz CT molecular complexity index is 786. The molecule has 0 fully saturated rings. The van der Waals surface area contributed by atoms with Gasteiger partial charge in [-0.1, -0.05) is 12.1 Å². The molecule has 1 aromatic carbocycles. The lowest BCUT2D eigenvalue weighted by Gasteiger charge is -2.11. The van der Waals surface area contributed by atoms with E-state index < -0.39 is 0 Å². The minimum atomic E-state index is -0.285. The molecule has 0 saturated heterocycles. The second-order valence-corrected chi connectivity index (χ2v) is 4.37. The molecule has 0 aliphatic carbocycles. The minimum absolute atomic E-state index is 0.285. The summed E-state index contributed by atoms with van der Waals surface area (Å²) in [6.45, 7) is 0. The molecule has 22 heavy (non-hydrogen) atoms. The van der Waals surface area contributed by atoms with Crippen molar-refractivity contribution in [2.75, 3.05) is 12.4 Å². The number of para-hydroxylation sites is 1. The molecule has 0 aliphatic rings. The lowest BCUT2D eigenvalue weighted by molar-refractivity contribution is 0.102. The predicted octanol–water partition coefficient (Wildman–Crippen LogP) is 1.92. The number of nitrogens with one attached hydrogen (secondary N) is 1. The van der Waals surface area contributed by atoms with Crippen molar-refractivity contribution in [2.45, 2.75) is 0 Å². The quantitative estimate of drug-likeness (QED) is 0.795. The zero-order valence-electron chi connectivity index (χ0n) is 11.8. The zero-order valence-corrected chi connectivity index (χ0v) is 11.8. The Labute approximate surface area is 126 Å². The zero-order chi connectivity index (χ0) is 15.4. The van der Waals surface area contributed by atoms with Gasteiger partial charge in [0, 0.05) is 6.20 Å². The Hall–Kier alpha value is -3.22. The first-order valence-corrected chi connectivity index (χ1v) is 6.54. The summed E-state index contributed by atoms with van der Waals surface area (Å²) in [5.74, 6) is 0.709. The molecular formula is C15H13N5O2. The Morgan fingerprint density at radius 3 is 2.86 bits per heavy atom. The van der Waals surface area contributed by atoms with E-state index >= 15 is 0 Å². The molecule has 0 aliphatic heterocycles. The highest BCUT2D eigenvalue weighted by Gasteiger charge is 2.14. The molecule has 1 N–H and O–H groups in total. The van der Waals surface area contributed by atoms with Crippen molar-refractivity contribution in [3.05, 3.63) is 60.8 Å². The highest BCUT2D eigenvalue weighted by molar-refractivity contribution is 6.06. The minimum Gasteiger partial charge on any atom is -0.496 e. The molecule has 2 heterocycles. The fraction of sp³-hybridized carbons (Fsp3) is 0.0667. The number of methoxy groups -OCH3 is 1. The average Bonchev–Trinajstić information content (AvgIpc) is 3.09. The number of amides is 1. The third-order valence-electron chi connectivity index (χ3n) is 3.02. The van der Waals surface area contributed by atoms with Gasteiger partial charge in [-0.2, -0.15) is 5.10 Å². The number of nitrogens with zero attached hydrogens (tertiary/aromatic N) is 4. The van der Waals surface area contributed by atoms with Crippen LogP contribution in [-0.4, -0.2) is 32.8 Å². The number of hydrogen-bond acceptors (Lipinski definition) is 5. The van der Waals surface area contributed by atoms with Crippen LogP contribution in [0, 0.1) is 0 Å². The van der Waals surface area contributed by atoms with E-state index in [-0.39, 0.29) is 5.91 Å². The summed E-state index contributed by atoms with van der Waals surface area (Å²) in [6, 6.07) is 10.5. The SMILES string of the molecule is COc1ccccc1C(=O)Nc1cccnc1-n1cncn1. The van der Waals surface area contributed by atoms with E-state index in [1.165, 1.54) is 24.4 Å². The standard InChI is InChI=1S/C15H13N5O2/c1-22-13-7-3-2-5-11(13)15(21)19-12-6-4-8-17-14(12)20-10-16-9-18-20/h2-10H,1H3,(H,19,21). The van der Waals surface area contributed by atoms with Gasteiger partial charge in [0.2, 0.25) is 0 Å². The molecule has 0 radical (unpaired) electrons. The van der Waals surface area contributed by atoms with E-state index in [1.54, 1.807) is 42.6 Å². The number of carbonyl (C=O) groups excluding carboxylic acids is 1. The van der Waals surface area contributed by atoms with E-state index in [9.17, 15) is 4.79 Å². The van der Waals surface area contributed by atoms with Crippen molar-refractivity contribution < 1.29 is 9.53 Å². The topological polar surface area (TPSA) is 81.9 Å². The van der Waals surface area contributed by atoms with Crippen molar-refractivity contribution in [1.82, 2.24) is 19.7 Å². The van der Waals surface area contributed by atoms with E-state index in [1.807, 2.05) is 0 Å². The van der Waals surface area contributed by atoms with Crippen molar-refractivity contribution in [2.24, 2.45) is 0 Å². The van der Waals surface area contributed by atoms with Crippen LogP contribution < -0.4 is 10.1 Å². The van der Waals surface area contributed by atoms with Crippen LogP contribution in [0.5, 0.6) is 5.75 Å². The van der Waals surface area contributed by atoms with E-state index in [0.29, 0.717) is 22.8 Å². The predicted molar refractivity (Wildman–Crippen MR) is 80.1 cm³/mol. The molecule has 0 saturated carbocycles. The number of ether oxygens (including phenoxy) is 1. The maximum Gasteiger partial charge on any atom is 0.259 e. The summed E-state index contributed by atoms with van der Waals surface area (Å²) in [4.78, 5) is 20.6. The highest BCUT2D eigenvalue weighted by atomic mass is 16.5. The second kappa shape index (κ2) is 6.04. The van der Waals surface area contributed by atoms with Gasteiger partial charge in [0.25, 0.3) is 5.91 Å². The molecular weight excluding hydrogens is 282 g/mol. The molecule has 2 aromatic heterocycles. The van der Waals surface area contributed by atoms with Gasteiger partial charge in [0.15, 0.2) is 5.82 Å². The van der Waals surface area contributed by atoms with Crippen LogP contribution in [0.3, 0.4) is 0 Å². The van der Waals surface area contributed by atoms with Crippen molar-refractivity contribution in [1.29, 1.82) is 0 Å². The molecule has 3 aromatic rings. The summed E-state index contributed by atoms with van der Waals surface area (Å²) in [6.07, 6.45) is 4.54. The Kier molecular flexibility index (Phi) is 3.78. The van der Waals surface area contributed by atoms with E-state index in [4.69, 9.17) is 4.74 Å². The number of carbonyl (C=O) groups is 1. The maximum absolute atomic E-state index is 12.5. The Balaban J connectivity index is 1.92. The van der Waals surface area contributed by atoms with Gasteiger partial charge in [-0.25, -0.2) is 14.6 Å².